The Morgan fingerprint density at radius 1 is 1.50 bits per heavy atom. The van der Waals surface area contributed by atoms with Gasteiger partial charge in [-0.05, 0) is 18.9 Å². The van der Waals surface area contributed by atoms with Crippen LogP contribution in [0.2, 0.25) is 0 Å². The summed E-state index contributed by atoms with van der Waals surface area (Å²) in [6, 6.07) is 0. The van der Waals surface area contributed by atoms with Gasteiger partial charge in [-0.15, -0.1) is 11.3 Å². The molecule has 1 rings (SSSR count). The van der Waals surface area contributed by atoms with Crippen molar-refractivity contribution >= 4 is 11.3 Å². The molecule has 80 valence electrons. The van der Waals surface area contributed by atoms with Crippen LogP contribution in [0.15, 0.2) is 5.51 Å². The molecule has 1 aromatic heterocycles. The summed E-state index contributed by atoms with van der Waals surface area (Å²) in [5.41, 5.74) is 3.24. The second-order valence-electron chi connectivity index (χ2n) is 4.00. The number of hydrogen-bond acceptors (Lipinski definition) is 3. The van der Waals surface area contributed by atoms with Gasteiger partial charge in [-0.2, -0.15) is 0 Å². The number of rotatable bonds is 6. The zero-order valence-corrected chi connectivity index (χ0v) is 10.2. The van der Waals surface area contributed by atoms with E-state index < -0.39 is 0 Å². The van der Waals surface area contributed by atoms with Gasteiger partial charge in [0.25, 0.3) is 0 Å². The van der Waals surface area contributed by atoms with Crippen LogP contribution in [-0.2, 0) is 13.0 Å². The molecular weight excluding hydrogens is 192 g/mol. The molecule has 0 bridgehead atoms. The molecule has 0 spiro atoms. The molecule has 1 aromatic rings. The van der Waals surface area contributed by atoms with Crippen molar-refractivity contribution < 1.29 is 0 Å². The van der Waals surface area contributed by atoms with E-state index in [9.17, 15) is 0 Å². The minimum atomic E-state index is 0.720. The molecule has 0 atom stereocenters. The van der Waals surface area contributed by atoms with Gasteiger partial charge in [0, 0.05) is 11.4 Å². The molecule has 0 aromatic carbocycles. The fourth-order valence-corrected chi connectivity index (χ4v) is 2.14. The van der Waals surface area contributed by atoms with Crippen LogP contribution in [0.3, 0.4) is 0 Å². The molecule has 0 saturated heterocycles. The van der Waals surface area contributed by atoms with Gasteiger partial charge in [-0.1, -0.05) is 27.2 Å². The molecule has 1 N–H and O–H groups in total. The Hall–Kier alpha value is -0.410. The van der Waals surface area contributed by atoms with Crippen LogP contribution < -0.4 is 5.32 Å². The van der Waals surface area contributed by atoms with E-state index in [-0.39, 0.29) is 0 Å². The molecule has 1 heterocycles. The first-order chi connectivity index (χ1) is 6.74. The zero-order chi connectivity index (χ0) is 10.4. The largest absolute Gasteiger partial charge is 0.312 e. The highest BCUT2D eigenvalue weighted by atomic mass is 32.1. The summed E-state index contributed by atoms with van der Waals surface area (Å²) in [5.74, 6) is 0.720. The molecule has 0 aliphatic rings. The van der Waals surface area contributed by atoms with Gasteiger partial charge in [0.1, 0.15) is 0 Å². The van der Waals surface area contributed by atoms with Crippen LogP contribution in [0.5, 0.6) is 0 Å². The summed E-state index contributed by atoms with van der Waals surface area (Å²) in [4.78, 5) is 5.79. The molecule has 0 fully saturated rings. The number of nitrogens with zero attached hydrogens (tertiary/aromatic N) is 1. The third kappa shape index (κ3) is 3.76. The highest BCUT2D eigenvalue weighted by Gasteiger charge is 2.04. The third-order valence-electron chi connectivity index (χ3n) is 2.05. The van der Waals surface area contributed by atoms with Crippen molar-refractivity contribution in [2.75, 3.05) is 6.54 Å². The van der Waals surface area contributed by atoms with Crippen molar-refractivity contribution in [2.45, 2.75) is 40.2 Å². The predicted molar refractivity (Wildman–Crippen MR) is 62.7 cm³/mol. The minimum absolute atomic E-state index is 0.720. The van der Waals surface area contributed by atoms with E-state index in [1.54, 1.807) is 11.3 Å². The quantitative estimate of drug-likeness (QED) is 0.784. The lowest BCUT2D eigenvalue weighted by Gasteiger charge is -2.06. The lowest BCUT2D eigenvalue weighted by atomic mass is 10.2. The summed E-state index contributed by atoms with van der Waals surface area (Å²) in [6.45, 7) is 8.73. The van der Waals surface area contributed by atoms with Crippen molar-refractivity contribution in [3.05, 3.63) is 16.1 Å². The number of thiazole rings is 1. The minimum Gasteiger partial charge on any atom is -0.312 e. The van der Waals surface area contributed by atoms with Crippen LogP contribution in [0.1, 0.15) is 37.8 Å². The van der Waals surface area contributed by atoms with Crippen LogP contribution >= 0.6 is 11.3 Å². The summed E-state index contributed by atoms with van der Waals surface area (Å²) < 4.78 is 0. The first-order valence-electron chi connectivity index (χ1n) is 5.36. The predicted octanol–water partition coefficient (Wildman–Crippen LogP) is 2.84. The fourth-order valence-electron chi connectivity index (χ4n) is 1.35. The van der Waals surface area contributed by atoms with Gasteiger partial charge in [0.2, 0.25) is 0 Å². The average Bonchev–Trinajstić information content (AvgIpc) is 2.53. The summed E-state index contributed by atoms with van der Waals surface area (Å²) in [5, 5.41) is 3.46. The van der Waals surface area contributed by atoms with E-state index in [1.165, 1.54) is 17.0 Å². The van der Waals surface area contributed by atoms with Crippen LogP contribution in [0, 0.1) is 5.92 Å². The van der Waals surface area contributed by atoms with Crippen molar-refractivity contribution in [3.63, 3.8) is 0 Å². The highest BCUT2D eigenvalue weighted by molar-refractivity contribution is 7.09. The van der Waals surface area contributed by atoms with Crippen molar-refractivity contribution in [3.8, 4) is 0 Å². The lowest BCUT2D eigenvalue weighted by molar-refractivity contribution is 0.553. The molecule has 0 saturated carbocycles. The standard InChI is InChI=1S/C11H20N2S/c1-4-5-10-11(14-8-13-10)7-12-6-9(2)3/h8-9,12H,4-7H2,1-3H3. The van der Waals surface area contributed by atoms with Gasteiger partial charge in [-0.25, -0.2) is 4.98 Å². The number of aromatic nitrogens is 1. The molecule has 0 radical (unpaired) electrons. The topological polar surface area (TPSA) is 24.9 Å². The number of hydrogen-bond donors (Lipinski definition) is 1. The smallest absolute Gasteiger partial charge is 0.0798 e. The molecule has 3 heteroatoms. The summed E-state index contributed by atoms with van der Waals surface area (Å²) in [7, 11) is 0. The Kier molecular flexibility index (Phi) is 5.12. The SMILES string of the molecule is CCCc1ncsc1CNCC(C)C. The van der Waals surface area contributed by atoms with Crippen molar-refractivity contribution in [1.82, 2.24) is 10.3 Å². The Labute approximate surface area is 90.8 Å². The van der Waals surface area contributed by atoms with Gasteiger partial charge >= 0.3 is 0 Å². The maximum Gasteiger partial charge on any atom is 0.0798 e. The van der Waals surface area contributed by atoms with Crippen molar-refractivity contribution in [1.29, 1.82) is 0 Å². The lowest BCUT2D eigenvalue weighted by Crippen LogP contribution is -2.19. The Morgan fingerprint density at radius 3 is 2.93 bits per heavy atom. The molecule has 14 heavy (non-hydrogen) atoms. The second kappa shape index (κ2) is 6.14. The Balaban J connectivity index is 2.37. The van der Waals surface area contributed by atoms with Gasteiger partial charge < -0.3 is 5.32 Å². The Morgan fingerprint density at radius 2 is 2.29 bits per heavy atom. The van der Waals surface area contributed by atoms with Crippen molar-refractivity contribution in [2.24, 2.45) is 5.92 Å². The fraction of sp³-hybridized carbons (Fsp3) is 0.727. The maximum absolute atomic E-state index is 4.38. The van der Waals surface area contributed by atoms with E-state index in [2.05, 4.69) is 31.1 Å². The van der Waals surface area contributed by atoms with Gasteiger partial charge in [0.05, 0.1) is 11.2 Å². The van der Waals surface area contributed by atoms with Crippen LogP contribution in [0.25, 0.3) is 0 Å². The van der Waals surface area contributed by atoms with Crippen LogP contribution in [-0.4, -0.2) is 11.5 Å². The Bertz CT molecular complexity index is 256. The third-order valence-corrected chi connectivity index (χ3v) is 2.93. The van der Waals surface area contributed by atoms with Crippen LogP contribution in [0.4, 0.5) is 0 Å². The van der Waals surface area contributed by atoms with E-state index in [1.807, 2.05) is 5.51 Å². The van der Waals surface area contributed by atoms with E-state index in [4.69, 9.17) is 0 Å². The maximum atomic E-state index is 4.38. The molecule has 2 nitrogen and oxygen atoms in total. The van der Waals surface area contributed by atoms with Gasteiger partial charge in [0.15, 0.2) is 0 Å². The van der Waals surface area contributed by atoms with E-state index >= 15 is 0 Å². The number of aryl methyl sites for hydroxylation is 1. The second-order valence-corrected chi connectivity index (χ2v) is 4.94. The average molecular weight is 212 g/mol. The summed E-state index contributed by atoms with van der Waals surface area (Å²) >= 11 is 1.77. The normalized spacial score (nSPS) is 11.1. The zero-order valence-electron chi connectivity index (χ0n) is 9.34. The monoisotopic (exact) mass is 212 g/mol. The molecule has 0 amide bonds. The molecule has 0 aliphatic heterocycles. The molecular formula is C11H20N2S. The van der Waals surface area contributed by atoms with E-state index in [0.717, 1.165) is 25.4 Å². The number of nitrogens with one attached hydrogen (secondary N) is 1. The first kappa shape index (κ1) is 11.7. The summed E-state index contributed by atoms with van der Waals surface area (Å²) in [6.07, 6.45) is 2.29. The molecule has 0 aliphatic carbocycles. The van der Waals surface area contributed by atoms with E-state index in [0.29, 0.717) is 0 Å². The first-order valence-corrected chi connectivity index (χ1v) is 6.24. The molecule has 0 unspecified atom stereocenters. The van der Waals surface area contributed by atoms with Gasteiger partial charge in [-0.3, -0.25) is 0 Å². The highest BCUT2D eigenvalue weighted by Crippen LogP contribution is 2.14.